The first-order valence-corrected chi connectivity index (χ1v) is 9.88. The highest BCUT2D eigenvalue weighted by molar-refractivity contribution is 7.22. The summed E-state index contributed by atoms with van der Waals surface area (Å²) in [6.07, 6.45) is 13.0. The molecule has 0 amide bonds. The van der Waals surface area contributed by atoms with E-state index in [9.17, 15) is 0 Å². The number of aromatic nitrogens is 2. The van der Waals surface area contributed by atoms with Crippen molar-refractivity contribution >= 4 is 37.6 Å². The summed E-state index contributed by atoms with van der Waals surface area (Å²) >= 11 is 1.62. The second-order valence-corrected chi connectivity index (χ2v) is 7.44. The molecule has 0 spiro atoms. The molecular formula is C23H17N3OS. The van der Waals surface area contributed by atoms with Crippen LogP contribution in [0.3, 0.4) is 0 Å². The molecule has 2 aromatic carbocycles. The highest BCUT2D eigenvalue weighted by Gasteiger charge is 2.09. The lowest BCUT2D eigenvalue weighted by molar-refractivity contribution is 0.489. The smallest absolute Gasteiger partial charge is 0.188 e. The van der Waals surface area contributed by atoms with Crippen LogP contribution in [0.15, 0.2) is 90.8 Å². The standard InChI is InChI=1S/C23H17N3OS/c1-2-4-8-16(7-3-1)25-23-26-20-12-11-17(15-22(20)28-23)27-21-13-14-24-19-10-6-5-9-18(19)21/h1-7,9-15H,8H2,(H,25,26). The van der Waals surface area contributed by atoms with E-state index in [2.05, 4.69) is 33.5 Å². The van der Waals surface area contributed by atoms with Crippen molar-refractivity contribution in [2.75, 3.05) is 5.32 Å². The molecule has 2 aromatic heterocycles. The number of fused-ring (bicyclic) bond motifs is 2. The van der Waals surface area contributed by atoms with E-state index in [1.807, 2.05) is 60.7 Å². The van der Waals surface area contributed by atoms with Crippen LogP contribution in [0.5, 0.6) is 11.5 Å². The van der Waals surface area contributed by atoms with Gasteiger partial charge in [-0.3, -0.25) is 4.98 Å². The zero-order valence-corrected chi connectivity index (χ0v) is 15.8. The van der Waals surface area contributed by atoms with E-state index in [0.29, 0.717) is 0 Å². The molecule has 1 N–H and O–H groups in total. The highest BCUT2D eigenvalue weighted by atomic mass is 32.1. The molecule has 1 aliphatic rings. The lowest BCUT2D eigenvalue weighted by atomic mass is 10.2. The van der Waals surface area contributed by atoms with Gasteiger partial charge in [-0.15, -0.1) is 0 Å². The maximum atomic E-state index is 6.16. The van der Waals surface area contributed by atoms with Gasteiger partial charge in [0.05, 0.1) is 15.7 Å². The summed E-state index contributed by atoms with van der Waals surface area (Å²) in [5.41, 5.74) is 3.01. The van der Waals surface area contributed by atoms with Crippen molar-refractivity contribution in [2.24, 2.45) is 0 Å². The maximum Gasteiger partial charge on any atom is 0.188 e. The Bertz CT molecular complexity index is 1250. The Hall–Kier alpha value is -3.44. The molecule has 1 aliphatic carbocycles. The van der Waals surface area contributed by atoms with Crippen molar-refractivity contribution in [3.8, 4) is 11.5 Å². The Morgan fingerprint density at radius 1 is 0.964 bits per heavy atom. The summed E-state index contributed by atoms with van der Waals surface area (Å²) in [5, 5.41) is 5.30. The van der Waals surface area contributed by atoms with Gasteiger partial charge in [0.25, 0.3) is 0 Å². The Labute approximate surface area is 166 Å². The molecule has 2 heterocycles. The second kappa shape index (κ2) is 7.29. The van der Waals surface area contributed by atoms with Crippen LogP contribution in [0.2, 0.25) is 0 Å². The Morgan fingerprint density at radius 2 is 1.93 bits per heavy atom. The van der Waals surface area contributed by atoms with E-state index in [4.69, 9.17) is 4.74 Å². The zero-order chi connectivity index (χ0) is 18.8. The lowest BCUT2D eigenvalue weighted by Gasteiger charge is -2.08. The van der Waals surface area contributed by atoms with E-state index < -0.39 is 0 Å². The monoisotopic (exact) mass is 383 g/mol. The number of thiazole rings is 1. The fourth-order valence-corrected chi connectivity index (χ4v) is 4.04. The zero-order valence-electron chi connectivity index (χ0n) is 15.0. The normalized spacial score (nSPS) is 13.5. The third-order valence-corrected chi connectivity index (χ3v) is 5.39. The van der Waals surface area contributed by atoms with Crippen LogP contribution in [0.4, 0.5) is 5.13 Å². The van der Waals surface area contributed by atoms with Gasteiger partial charge in [0, 0.05) is 29.8 Å². The second-order valence-electron chi connectivity index (χ2n) is 6.41. The van der Waals surface area contributed by atoms with E-state index in [1.165, 1.54) is 0 Å². The van der Waals surface area contributed by atoms with E-state index in [-0.39, 0.29) is 0 Å². The first-order valence-electron chi connectivity index (χ1n) is 9.07. The summed E-state index contributed by atoms with van der Waals surface area (Å²) < 4.78 is 7.25. The fourth-order valence-electron chi connectivity index (χ4n) is 3.12. The fraction of sp³-hybridized carbons (Fsp3) is 0.0435. The molecule has 0 radical (unpaired) electrons. The molecule has 5 rings (SSSR count). The van der Waals surface area contributed by atoms with Crippen LogP contribution < -0.4 is 10.1 Å². The SMILES string of the molecule is C1=CC=C(Nc2nc3ccc(Oc4ccnc5ccccc45)cc3s2)CC=C1. The minimum Gasteiger partial charge on any atom is -0.457 e. The van der Waals surface area contributed by atoms with Crippen molar-refractivity contribution in [2.45, 2.75) is 6.42 Å². The largest absolute Gasteiger partial charge is 0.457 e. The van der Waals surface area contributed by atoms with Gasteiger partial charge < -0.3 is 10.1 Å². The van der Waals surface area contributed by atoms with Crippen molar-refractivity contribution in [1.82, 2.24) is 9.97 Å². The van der Waals surface area contributed by atoms with Crippen molar-refractivity contribution < 1.29 is 4.74 Å². The van der Waals surface area contributed by atoms with Gasteiger partial charge in [-0.2, -0.15) is 0 Å². The average molecular weight is 383 g/mol. The predicted octanol–water partition coefficient (Wildman–Crippen LogP) is 6.45. The van der Waals surface area contributed by atoms with Crippen LogP contribution in [0, 0.1) is 0 Å². The summed E-state index contributed by atoms with van der Waals surface area (Å²) in [5.74, 6) is 1.59. The Morgan fingerprint density at radius 3 is 2.93 bits per heavy atom. The molecule has 0 saturated carbocycles. The number of nitrogens with one attached hydrogen (secondary N) is 1. The molecule has 0 fully saturated rings. The van der Waals surface area contributed by atoms with Crippen LogP contribution in [-0.4, -0.2) is 9.97 Å². The van der Waals surface area contributed by atoms with Gasteiger partial charge in [-0.25, -0.2) is 4.98 Å². The number of ether oxygens (including phenoxy) is 1. The van der Waals surface area contributed by atoms with Crippen LogP contribution in [0.25, 0.3) is 21.1 Å². The highest BCUT2D eigenvalue weighted by Crippen LogP contribution is 2.34. The number of hydrogen-bond donors (Lipinski definition) is 1. The minimum atomic E-state index is 0.790. The maximum absolute atomic E-state index is 6.16. The van der Waals surface area contributed by atoms with Gasteiger partial charge in [-0.05, 0) is 36.4 Å². The van der Waals surface area contributed by atoms with Crippen molar-refractivity contribution in [3.63, 3.8) is 0 Å². The molecule has 136 valence electrons. The molecule has 5 heteroatoms. The summed E-state index contributed by atoms with van der Waals surface area (Å²) in [6.45, 7) is 0. The molecule has 0 saturated heterocycles. The van der Waals surface area contributed by atoms with Crippen LogP contribution in [-0.2, 0) is 0 Å². The third-order valence-electron chi connectivity index (χ3n) is 4.46. The summed E-state index contributed by atoms with van der Waals surface area (Å²) in [7, 11) is 0. The van der Waals surface area contributed by atoms with Crippen LogP contribution in [0.1, 0.15) is 6.42 Å². The van der Waals surface area contributed by atoms with Gasteiger partial charge >= 0.3 is 0 Å². The Balaban J connectivity index is 1.43. The predicted molar refractivity (Wildman–Crippen MR) is 116 cm³/mol. The van der Waals surface area contributed by atoms with Crippen molar-refractivity contribution in [3.05, 3.63) is 90.8 Å². The minimum absolute atomic E-state index is 0.790. The van der Waals surface area contributed by atoms with E-state index in [0.717, 1.165) is 49.9 Å². The molecule has 28 heavy (non-hydrogen) atoms. The molecule has 0 aliphatic heterocycles. The number of nitrogens with zero attached hydrogens (tertiary/aromatic N) is 2. The summed E-state index contributed by atoms with van der Waals surface area (Å²) in [4.78, 5) is 9.08. The molecule has 0 bridgehead atoms. The van der Waals surface area contributed by atoms with E-state index in [1.54, 1.807) is 17.5 Å². The number of anilines is 1. The van der Waals surface area contributed by atoms with Gasteiger partial charge in [0.15, 0.2) is 5.13 Å². The average Bonchev–Trinajstić information content (AvgIpc) is 2.93. The first kappa shape index (κ1) is 16.7. The van der Waals surface area contributed by atoms with Crippen molar-refractivity contribution in [1.29, 1.82) is 0 Å². The number of rotatable bonds is 4. The van der Waals surface area contributed by atoms with Gasteiger partial charge in [0.1, 0.15) is 11.5 Å². The van der Waals surface area contributed by atoms with Gasteiger partial charge in [0.2, 0.25) is 0 Å². The van der Waals surface area contributed by atoms with Gasteiger partial charge in [-0.1, -0.05) is 47.8 Å². The number of pyridine rings is 1. The molecule has 4 nitrogen and oxygen atoms in total. The molecule has 0 atom stereocenters. The molecule has 4 aromatic rings. The summed E-state index contributed by atoms with van der Waals surface area (Å²) in [6, 6.07) is 15.9. The number of hydrogen-bond acceptors (Lipinski definition) is 5. The Kier molecular flexibility index (Phi) is 4.35. The topological polar surface area (TPSA) is 47.0 Å². The first-order chi connectivity index (χ1) is 13.8. The number of allylic oxidation sites excluding steroid dienone is 5. The molecular weight excluding hydrogens is 366 g/mol. The lowest BCUT2D eigenvalue weighted by Crippen LogP contribution is -1.97. The van der Waals surface area contributed by atoms with E-state index >= 15 is 0 Å². The molecule has 0 unspecified atom stereocenters. The quantitative estimate of drug-likeness (QED) is 0.440. The number of para-hydroxylation sites is 1. The van der Waals surface area contributed by atoms with Crippen LogP contribution >= 0.6 is 11.3 Å². The number of benzene rings is 2. The third kappa shape index (κ3) is 3.40.